The zero-order valence-electron chi connectivity index (χ0n) is 10.9. The number of nitrogens with two attached hydrogens (primary N) is 1. The third-order valence-electron chi connectivity index (χ3n) is 3.42. The van der Waals surface area contributed by atoms with Gasteiger partial charge in [0.2, 0.25) is 0 Å². The first-order valence-electron chi connectivity index (χ1n) is 6.54. The summed E-state index contributed by atoms with van der Waals surface area (Å²) in [6.45, 7) is 1.93. The van der Waals surface area contributed by atoms with Gasteiger partial charge < -0.3 is 9.15 Å². The molecule has 1 aliphatic rings. The molecule has 1 aromatic carbocycles. The number of benzene rings is 1. The lowest BCUT2D eigenvalue weighted by Gasteiger charge is -2.16. The number of rotatable bonds is 5. The van der Waals surface area contributed by atoms with Crippen LogP contribution in [0.1, 0.15) is 35.8 Å². The van der Waals surface area contributed by atoms with E-state index in [4.69, 9.17) is 15.0 Å². The van der Waals surface area contributed by atoms with Crippen LogP contribution in [0.3, 0.4) is 0 Å². The van der Waals surface area contributed by atoms with Crippen LogP contribution in [-0.4, -0.2) is 6.10 Å². The van der Waals surface area contributed by atoms with Gasteiger partial charge in [0, 0.05) is 5.56 Å². The Labute approximate surface area is 112 Å². The van der Waals surface area contributed by atoms with Gasteiger partial charge in [-0.05, 0) is 43.5 Å². The molecule has 3 rings (SSSR count). The van der Waals surface area contributed by atoms with Gasteiger partial charge in [0.25, 0.3) is 0 Å². The molecule has 0 spiro atoms. The van der Waals surface area contributed by atoms with Crippen molar-refractivity contribution in [3.05, 3.63) is 53.5 Å². The third-order valence-corrected chi connectivity index (χ3v) is 3.42. The quantitative estimate of drug-likeness (QED) is 0.639. The second-order valence-corrected chi connectivity index (χ2v) is 4.92. The summed E-state index contributed by atoms with van der Waals surface area (Å²) in [5.41, 5.74) is 4.98. The summed E-state index contributed by atoms with van der Waals surface area (Å²) in [5.74, 6) is 7.47. The maximum absolute atomic E-state index is 5.74. The topological polar surface area (TPSA) is 60.4 Å². The van der Waals surface area contributed by atoms with Crippen LogP contribution in [0.5, 0.6) is 5.75 Å². The minimum atomic E-state index is -0.0614. The lowest BCUT2D eigenvalue weighted by atomic mass is 10.00. The zero-order chi connectivity index (χ0) is 13.2. The molecule has 19 heavy (non-hydrogen) atoms. The van der Waals surface area contributed by atoms with Gasteiger partial charge in [-0.3, -0.25) is 5.84 Å². The van der Waals surface area contributed by atoms with Crippen molar-refractivity contribution in [2.24, 2.45) is 5.84 Å². The number of hydrogen-bond acceptors (Lipinski definition) is 4. The highest BCUT2D eigenvalue weighted by Crippen LogP contribution is 2.29. The first kappa shape index (κ1) is 12.3. The average Bonchev–Trinajstić information content (AvgIpc) is 3.14. The maximum atomic E-state index is 5.74. The fourth-order valence-electron chi connectivity index (χ4n) is 2.18. The van der Waals surface area contributed by atoms with Gasteiger partial charge in [-0.25, -0.2) is 5.43 Å². The molecule has 1 saturated carbocycles. The molecule has 1 aliphatic carbocycles. The Balaban J connectivity index is 1.81. The van der Waals surface area contributed by atoms with Crippen molar-refractivity contribution >= 4 is 0 Å². The van der Waals surface area contributed by atoms with E-state index < -0.39 is 0 Å². The maximum Gasteiger partial charge on any atom is 0.119 e. The second-order valence-electron chi connectivity index (χ2n) is 4.92. The van der Waals surface area contributed by atoms with E-state index in [0.29, 0.717) is 6.10 Å². The molecule has 1 fully saturated rings. The molecule has 0 saturated heterocycles. The molecular weight excluding hydrogens is 240 g/mol. The summed E-state index contributed by atoms with van der Waals surface area (Å²) < 4.78 is 11.1. The lowest BCUT2D eigenvalue weighted by molar-refractivity contribution is 0.303. The summed E-state index contributed by atoms with van der Waals surface area (Å²) in [4.78, 5) is 0. The van der Waals surface area contributed by atoms with Crippen molar-refractivity contribution in [3.8, 4) is 5.75 Å². The fraction of sp³-hybridized carbons (Fsp3) is 0.333. The number of furan rings is 1. The van der Waals surface area contributed by atoms with Crippen molar-refractivity contribution < 1.29 is 9.15 Å². The molecule has 1 atom stereocenters. The normalized spacial score (nSPS) is 16.3. The minimum absolute atomic E-state index is 0.0614. The molecule has 1 heterocycles. The van der Waals surface area contributed by atoms with Crippen LogP contribution in [0.4, 0.5) is 0 Å². The van der Waals surface area contributed by atoms with Crippen LogP contribution in [-0.2, 0) is 0 Å². The number of aryl methyl sites for hydroxylation is 1. The fourth-order valence-corrected chi connectivity index (χ4v) is 2.18. The van der Waals surface area contributed by atoms with Crippen molar-refractivity contribution in [1.29, 1.82) is 0 Å². The minimum Gasteiger partial charge on any atom is -0.490 e. The molecule has 2 aromatic rings. The average molecular weight is 258 g/mol. The smallest absolute Gasteiger partial charge is 0.119 e. The summed E-state index contributed by atoms with van der Waals surface area (Å²) in [5, 5.41) is 0. The van der Waals surface area contributed by atoms with E-state index in [2.05, 4.69) is 5.43 Å². The predicted octanol–water partition coefficient (Wildman–Crippen LogP) is 2.68. The van der Waals surface area contributed by atoms with Crippen LogP contribution in [0, 0.1) is 6.92 Å². The number of ether oxygens (including phenoxy) is 1. The standard InChI is InChI=1S/C15H18N2O2/c1-10-14(8-9-18-10)15(17-16)11-2-4-12(5-3-11)19-13-6-7-13/h2-5,8-9,13,15,17H,6-7,16H2,1H3. The first-order chi connectivity index (χ1) is 9.28. The van der Waals surface area contributed by atoms with E-state index >= 15 is 0 Å². The first-order valence-corrected chi connectivity index (χ1v) is 6.54. The molecular formula is C15H18N2O2. The number of nitrogens with one attached hydrogen (secondary N) is 1. The van der Waals surface area contributed by atoms with Gasteiger partial charge in [-0.15, -0.1) is 0 Å². The Morgan fingerprint density at radius 1 is 1.26 bits per heavy atom. The van der Waals surface area contributed by atoms with Gasteiger partial charge >= 0.3 is 0 Å². The highest BCUT2D eigenvalue weighted by molar-refractivity contribution is 5.36. The van der Waals surface area contributed by atoms with Crippen LogP contribution >= 0.6 is 0 Å². The van der Waals surface area contributed by atoms with Crippen molar-refractivity contribution in [3.63, 3.8) is 0 Å². The summed E-state index contributed by atoms with van der Waals surface area (Å²) in [7, 11) is 0. The second kappa shape index (κ2) is 5.07. The monoisotopic (exact) mass is 258 g/mol. The molecule has 0 amide bonds. The van der Waals surface area contributed by atoms with Gasteiger partial charge in [0.05, 0.1) is 18.4 Å². The highest BCUT2D eigenvalue weighted by atomic mass is 16.5. The molecule has 4 heteroatoms. The van der Waals surface area contributed by atoms with Crippen molar-refractivity contribution in [2.75, 3.05) is 0 Å². The Morgan fingerprint density at radius 2 is 2.00 bits per heavy atom. The molecule has 4 nitrogen and oxygen atoms in total. The molecule has 0 radical (unpaired) electrons. The Kier molecular flexibility index (Phi) is 3.27. The summed E-state index contributed by atoms with van der Waals surface area (Å²) in [6, 6.07) is 9.94. The lowest BCUT2D eigenvalue weighted by Crippen LogP contribution is -2.28. The predicted molar refractivity (Wildman–Crippen MR) is 72.7 cm³/mol. The van der Waals surface area contributed by atoms with E-state index in [9.17, 15) is 0 Å². The molecule has 1 unspecified atom stereocenters. The van der Waals surface area contributed by atoms with Crippen molar-refractivity contribution in [2.45, 2.75) is 31.9 Å². The van der Waals surface area contributed by atoms with Crippen LogP contribution < -0.4 is 16.0 Å². The van der Waals surface area contributed by atoms with E-state index in [0.717, 1.165) is 22.6 Å². The molecule has 0 aliphatic heterocycles. The van der Waals surface area contributed by atoms with Crippen molar-refractivity contribution in [1.82, 2.24) is 5.43 Å². The van der Waals surface area contributed by atoms with E-state index in [1.807, 2.05) is 37.3 Å². The summed E-state index contributed by atoms with van der Waals surface area (Å²) >= 11 is 0. The Hall–Kier alpha value is -1.78. The Bertz CT molecular complexity index is 544. The molecule has 3 N–H and O–H groups in total. The van der Waals surface area contributed by atoms with Gasteiger partial charge in [0.1, 0.15) is 11.5 Å². The molecule has 0 bridgehead atoms. The van der Waals surface area contributed by atoms with Crippen LogP contribution in [0.25, 0.3) is 0 Å². The number of hydrazine groups is 1. The Morgan fingerprint density at radius 3 is 2.53 bits per heavy atom. The van der Waals surface area contributed by atoms with Gasteiger partial charge in [0.15, 0.2) is 0 Å². The molecule has 100 valence electrons. The number of hydrogen-bond donors (Lipinski definition) is 2. The molecule has 1 aromatic heterocycles. The van der Waals surface area contributed by atoms with E-state index in [1.54, 1.807) is 6.26 Å². The van der Waals surface area contributed by atoms with Crippen LogP contribution in [0.15, 0.2) is 41.0 Å². The third kappa shape index (κ3) is 2.64. The van der Waals surface area contributed by atoms with E-state index in [1.165, 1.54) is 12.8 Å². The van der Waals surface area contributed by atoms with Gasteiger partial charge in [-0.1, -0.05) is 12.1 Å². The highest BCUT2D eigenvalue weighted by Gasteiger charge is 2.23. The zero-order valence-corrected chi connectivity index (χ0v) is 10.9. The van der Waals surface area contributed by atoms with Gasteiger partial charge in [-0.2, -0.15) is 0 Å². The van der Waals surface area contributed by atoms with Crippen LogP contribution in [0.2, 0.25) is 0 Å². The summed E-state index contributed by atoms with van der Waals surface area (Å²) in [6.07, 6.45) is 4.44. The SMILES string of the molecule is Cc1occc1C(NN)c1ccc(OC2CC2)cc1. The van der Waals surface area contributed by atoms with E-state index in [-0.39, 0.29) is 6.04 Å². The largest absolute Gasteiger partial charge is 0.490 e.